The second-order valence-corrected chi connectivity index (χ2v) is 12.1. The fourth-order valence-electron chi connectivity index (χ4n) is 4.83. The van der Waals surface area contributed by atoms with Crippen LogP contribution >= 0.6 is 45.8 Å². The van der Waals surface area contributed by atoms with Gasteiger partial charge in [-0.25, -0.2) is 0 Å². The summed E-state index contributed by atoms with van der Waals surface area (Å²) in [6.07, 6.45) is 3.47. The van der Waals surface area contributed by atoms with Gasteiger partial charge in [0, 0.05) is 41.5 Å². The number of methoxy groups -OCH3 is 1. The number of aliphatic hydroxyl groups excluding tert-OH is 3. The van der Waals surface area contributed by atoms with Crippen molar-refractivity contribution in [2.45, 2.75) is 63.5 Å². The number of nitrogens with zero attached hydrogens (tertiary/aromatic N) is 1. The van der Waals surface area contributed by atoms with E-state index in [1.54, 1.807) is 41.3 Å². The first-order chi connectivity index (χ1) is 20.6. The van der Waals surface area contributed by atoms with Crippen LogP contribution in [0, 0.1) is 3.57 Å². The van der Waals surface area contributed by atoms with Gasteiger partial charge < -0.3 is 35.0 Å². The van der Waals surface area contributed by atoms with Gasteiger partial charge in [0.15, 0.2) is 11.5 Å². The molecule has 2 aromatic rings. The third-order valence-electron chi connectivity index (χ3n) is 7.07. The van der Waals surface area contributed by atoms with E-state index in [4.69, 9.17) is 32.7 Å². The molecule has 0 heterocycles. The van der Waals surface area contributed by atoms with Gasteiger partial charge in [-0.05, 0) is 83.3 Å². The summed E-state index contributed by atoms with van der Waals surface area (Å²) in [5.41, 5.74) is 1.54. The molecule has 0 fully saturated rings. The molecule has 0 saturated heterocycles. The summed E-state index contributed by atoms with van der Waals surface area (Å²) in [5, 5.41) is 34.1. The molecule has 0 aromatic heterocycles. The lowest BCUT2D eigenvalue weighted by Crippen LogP contribution is -2.54. The molecule has 2 amide bonds. The average molecular weight is 747 g/mol. The molecule has 3 atom stereocenters. The van der Waals surface area contributed by atoms with Gasteiger partial charge >= 0.3 is 0 Å². The Morgan fingerprint density at radius 1 is 1.21 bits per heavy atom. The SMILES string of the molecule is C=CCCCCC(=O)N(Cc1ccc(Cl)cc1Cl)[C@@H]1CC(C(=O)NCCO)=C[C@H](Oc2c(I)cc(CO)cc2OC)[C@H]1O. The van der Waals surface area contributed by atoms with Crippen LogP contribution in [0.3, 0.4) is 0 Å². The topological polar surface area (TPSA) is 129 Å². The van der Waals surface area contributed by atoms with Gasteiger partial charge in [0.2, 0.25) is 11.8 Å². The molecule has 12 heteroatoms. The first kappa shape index (κ1) is 35.1. The van der Waals surface area contributed by atoms with Crippen LogP contribution in [0.25, 0.3) is 0 Å². The van der Waals surface area contributed by atoms with Crippen molar-refractivity contribution in [3.63, 3.8) is 0 Å². The Labute approximate surface area is 275 Å². The summed E-state index contributed by atoms with van der Waals surface area (Å²) in [6.45, 7) is 3.40. The second-order valence-electron chi connectivity index (χ2n) is 10.1. The highest BCUT2D eigenvalue weighted by atomic mass is 127. The van der Waals surface area contributed by atoms with Gasteiger partial charge in [0.05, 0.1) is 29.9 Å². The number of ether oxygens (including phenoxy) is 2. The normalized spacial score (nSPS) is 18.0. The number of benzene rings is 2. The van der Waals surface area contributed by atoms with Crippen molar-refractivity contribution in [2.24, 2.45) is 0 Å². The first-order valence-electron chi connectivity index (χ1n) is 13.9. The van der Waals surface area contributed by atoms with Crippen LogP contribution in [-0.4, -0.2) is 70.5 Å². The van der Waals surface area contributed by atoms with E-state index in [9.17, 15) is 24.9 Å². The summed E-state index contributed by atoms with van der Waals surface area (Å²) in [4.78, 5) is 28.4. The molecule has 234 valence electrons. The van der Waals surface area contributed by atoms with Gasteiger partial charge in [0.25, 0.3) is 0 Å². The highest BCUT2D eigenvalue weighted by molar-refractivity contribution is 14.1. The number of rotatable bonds is 15. The maximum absolute atomic E-state index is 13.8. The molecule has 0 radical (unpaired) electrons. The maximum Gasteiger partial charge on any atom is 0.247 e. The summed E-state index contributed by atoms with van der Waals surface area (Å²) >= 11 is 14.7. The van der Waals surface area contributed by atoms with Crippen molar-refractivity contribution < 1.29 is 34.4 Å². The molecule has 4 N–H and O–H groups in total. The van der Waals surface area contributed by atoms with Crippen molar-refractivity contribution in [2.75, 3.05) is 20.3 Å². The molecule has 0 saturated carbocycles. The molecular weight excluding hydrogens is 710 g/mol. The van der Waals surface area contributed by atoms with Crippen molar-refractivity contribution in [1.29, 1.82) is 0 Å². The molecular formula is C31H37Cl2IN2O7. The molecule has 1 aliphatic rings. The molecule has 43 heavy (non-hydrogen) atoms. The van der Waals surface area contributed by atoms with Gasteiger partial charge in [-0.2, -0.15) is 0 Å². The minimum Gasteiger partial charge on any atom is -0.493 e. The average Bonchev–Trinajstić information content (AvgIpc) is 2.99. The van der Waals surface area contributed by atoms with Crippen molar-refractivity contribution >= 4 is 57.6 Å². The van der Waals surface area contributed by atoms with Crippen molar-refractivity contribution in [3.05, 3.63) is 79.4 Å². The number of allylic oxidation sites excluding steroid dienone is 1. The number of nitrogens with one attached hydrogen (secondary N) is 1. The monoisotopic (exact) mass is 746 g/mol. The van der Waals surface area contributed by atoms with Crippen LogP contribution in [-0.2, 0) is 22.7 Å². The highest BCUT2D eigenvalue weighted by Crippen LogP contribution is 2.37. The lowest BCUT2D eigenvalue weighted by Gasteiger charge is -2.41. The zero-order chi connectivity index (χ0) is 31.5. The van der Waals surface area contributed by atoms with E-state index in [0.717, 1.165) is 12.8 Å². The van der Waals surface area contributed by atoms with Crippen molar-refractivity contribution in [3.8, 4) is 11.5 Å². The fraction of sp³-hybridized carbons (Fsp3) is 0.419. The fourth-order valence-corrected chi connectivity index (χ4v) is 6.09. The smallest absolute Gasteiger partial charge is 0.247 e. The molecule has 0 unspecified atom stereocenters. The van der Waals surface area contributed by atoms with Gasteiger partial charge in [-0.15, -0.1) is 6.58 Å². The number of aliphatic hydroxyl groups is 3. The number of hydrogen-bond donors (Lipinski definition) is 4. The van der Waals surface area contributed by atoms with E-state index in [1.807, 2.05) is 22.6 Å². The standard InChI is InChI=1S/C31H37Cl2IN2O7/c1-3-4-5-6-7-28(39)36(17-20-8-9-22(32)16-23(20)33)25-14-21(31(41)35-10-11-37)15-26(29(25)40)43-30-24(34)12-19(18-38)13-27(30)42-2/h3,8-9,12-13,15-16,25-26,29,37-38,40H,1,4-7,10-11,14,17-18H2,2H3,(H,35,41)/t25-,26+,29+/m1/s1. The van der Waals surface area contributed by atoms with Crippen molar-refractivity contribution in [1.82, 2.24) is 10.2 Å². The van der Waals surface area contributed by atoms with E-state index in [-0.39, 0.29) is 45.1 Å². The summed E-state index contributed by atoms with van der Waals surface area (Å²) in [5.74, 6) is 0.00145. The van der Waals surface area contributed by atoms with Gasteiger partial charge in [-0.3, -0.25) is 9.59 Å². The Morgan fingerprint density at radius 2 is 1.98 bits per heavy atom. The van der Waals surface area contributed by atoms with Crippen LogP contribution < -0.4 is 14.8 Å². The van der Waals surface area contributed by atoms with E-state index >= 15 is 0 Å². The number of amides is 2. The number of unbranched alkanes of at least 4 members (excludes halogenated alkanes) is 2. The predicted octanol–water partition coefficient (Wildman–Crippen LogP) is 4.79. The van der Waals surface area contributed by atoms with Crippen LogP contribution in [0.4, 0.5) is 0 Å². The zero-order valence-corrected chi connectivity index (χ0v) is 27.6. The number of halogens is 3. The third kappa shape index (κ3) is 9.57. The first-order valence-corrected chi connectivity index (χ1v) is 15.7. The van der Waals surface area contributed by atoms with Crippen LogP contribution in [0.5, 0.6) is 11.5 Å². The Kier molecular flexibility index (Phi) is 14.1. The maximum atomic E-state index is 13.8. The summed E-state index contributed by atoms with van der Waals surface area (Å²) < 4.78 is 12.4. The van der Waals surface area contributed by atoms with Gasteiger partial charge in [-0.1, -0.05) is 35.3 Å². The quantitative estimate of drug-likeness (QED) is 0.117. The summed E-state index contributed by atoms with van der Waals surface area (Å²) in [6, 6.07) is 7.49. The minimum absolute atomic E-state index is 0.0373. The van der Waals surface area contributed by atoms with E-state index in [2.05, 4.69) is 11.9 Å². The largest absolute Gasteiger partial charge is 0.493 e. The van der Waals surface area contributed by atoms with E-state index in [1.165, 1.54) is 13.2 Å². The van der Waals surface area contributed by atoms with E-state index < -0.39 is 24.2 Å². The Bertz CT molecular complexity index is 1320. The number of carbonyl (C=O) groups is 2. The highest BCUT2D eigenvalue weighted by Gasteiger charge is 2.41. The Morgan fingerprint density at radius 3 is 2.63 bits per heavy atom. The third-order valence-corrected chi connectivity index (χ3v) is 8.45. The lowest BCUT2D eigenvalue weighted by molar-refractivity contribution is -0.139. The molecule has 0 aliphatic heterocycles. The predicted molar refractivity (Wildman–Crippen MR) is 174 cm³/mol. The number of carbonyl (C=O) groups excluding carboxylic acids is 2. The summed E-state index contributed by atoms with van der Waals surface area (Å²) in [7, 11) is 1.46. The molecule has 0 bridgehead atoms. The minimum atomic E-state index is -1.24. The Balaban J connectivity index is 2.04. The lowest BCUT2D eigenvalue weighted by atomic mass is 9.87. The van der Waals surface area contributed by atoms with E-state index in [0.29, 0.717) is 48.2 Å². The van der Waals surface area contributed by atoms with Crippen LogP contribution in [0.15, 0.2) is 54.6 Å². The number of hydrogen-bond acceptors (Lipinski definition) is 7. The van der Waals surface area contributed by atoms with Gasteiger partial charge in [0.1, 0.15) is 12.2 Å². The molecule has 2 aromatic carbocycles. The Hall–Kier alpha value is -2.35. The zero-order valence-electron chi connectivity index (χ0n) is 23.9. The molecule has 9 nitrogen and oxygen atoms in total. The van der Waals surface area contributed by atoms with Crippen LogP contribution in [0.2, 0.25) is 10.0 Å². The second kappa shape index (κ2) is 17.2. The van der Waals surface area contributed by atoms with Crippen LogP contribution in [0.1, 0.15) is 43.2 Å². The molecule has 0 spiro atoms. The molecule has 1 aliphatic carbocycles. The molecule has 3 rings (SSSR count).